The molecule has 0 bridgehead atoms. The summed E-state index contributed by atoms with van der Waals surface area (Å²) in [5.41, 5.74) is 3.45. The molecule has 3 aromatic rings. The third-order valence-corrected chi connectivity index (χ3v) is 4.88. The van der Waals surface area contributed by atoms with Gasteiger partial charge in [-0.05, 0) is 43.0 Å². The zero-order valence-electron chi connectivity index (χ0n) is 14.7. The number of rotatable bonds is 5. The number of amides is 1. The van der Waals surface area contributed by atoms with Gasteiger partial charge in [0.1, 0.15) is 0 Å². The molecule has 2 aromatic carbocycles. The van der Waals surface area contributed by atoms with Crippen molar-refractivity contribution in [3.63, 3.8) is 0 Å². The van der Waals surface area contributed by atoms with Crippen molar-refractivity contribution >= 4 is 16.8 Å². The number of nitrogens with zero attached hydrogens (tertiary/aromatic N) is 1. The van der Waals surface area contributed by atoms with Gasteiger partial charge in [-0.15, -0.1) is 0 Å². The SMILES string of the molecule is O=C(NCC[C@H]1CCOC1)c1cccc(-c2ccc3ccccc3n2)c1. The van der Waals surface area contributed by atoms with Crippen molar-refractivity contribution in [1.82, 2.24) is 10.3 Å². The van der Waals surface area contributed by atoms with Gasteiger partial charge in [-0.3, -0.25) is 4.79 Å². The van der Waals surface area contributed by atoms with Crippen LogP contribution in [0.4, 0.5) is 0 Å². The second-order valence-electron chi connectivity index (χ2n) is 6.74. The molecule has 1 N–H and O–H groups in total. The molecule has 1 amide bonds. The van der Waals surface area contributed by atoms with Crippen LogP contribution in [0.25, 0.3) is 22.2 Å². The van der Waals surface area contributed by atoms with Gasteiger partial charge in [-0.1, -0.05) is 36.4 Å². The second-order valence-corrected chi connectivity index (χ2v) is 6.74. The fourth-order valence-electron chi connectivity index (χ4n) is 3.35. The minimum atomic E-state index is -0.0356. The molecule has 1 fully saturated rings. The van der Waals surface area contributed by atoms with Gasteiger partial charge in [0, 0.05) is 36.3 Å². The first-order valence-electron chi connectivity index (χ1n) is 9.12. The topological polar surface area (TPSA) is 51.2 Å². The Kier molecular flexibility index (Phi) is 4.93. The van der Waals surface area contributed by atoms with Gasteiger partial charge in [0.25, 0.3) is 5.91 Å². The Morgan fingerprint density at radius 3 is 2.92 bits per heavy atom. The van der Waals surface area contributed by atoms with Crippen LogP contribution in [-0.2, 0) is 4.74 Å². The van der Waals surface area contributed by atoms with Crippen molar-refractivity contribution in [3.05, 3.63) is 66.2 Å². The summed E-state index contributed by atoms with van der Waals surface area (Å²) in [6.07, 6.45) is 2.07. The summed E-state index contributed by atoms with van der Waals surface area (Å²) in [5.74, 6) is 0.537. The minimum Gasteiger partial charge on any atom is -0.381 e. The lowest BCUT2D eigenvalue weighted by atomic mass is 10.0. The Labute approximate surface area is 153 Å². The molecule has 4 rings (SSSR count). The van der Waals surface area contributed by atoms with Gasteiger partial charge in [-0.25, -0.2) is 4.98 Å². The van der Waals surface area contributed by atoms with Gasteiger partial charge < -0.3 is 10.1 Å². The van der Waals surface area contributed by atoms with E-state index in [1.54, 1.807) is 0 Å². The van der Waals surface area contributed by atoms with Crippen LogP contribution in [0.15, 0.2) is 60.7 Å². The number of benzene rings is 2. The highest BCUT2D eigenvalue weighted by molar-refractivity contribution is 5.95. The Hall–Kier alpha value is -2.72. The smallest absolute Gasteiger partial charge is 0.251 e. The number of hydrogen-bond acceptors (Lipinski definition) is 3. The lowest BCUT2D eigenvalue weighted by Crippen LogP contribution is -2.26. The van der Waals surface area contributed by atoms with Crippen molar-refractivity contribution in [3.8, 4) is 11.3 Å². The van der Waals surface area contributed by atoms with E-state index in [1.807, 2.05) is 54.6 Å². The van der Waals surface area contributed by atoms with Gasteiger partial charge in [-0.2, -0.15) is 0 Å². The summed E-state index contributed by atoms with van der Waals surface area (Å²) >= 11 is 0. The van der Waals surface area contributed by atoms with Crippen molar-refractivity contribution < 1.29 is 9.53 Å². The molecule has 1 aliphatic rings. The quantitative estimate of drug-likeness (QED) is 0.758. The number of aromatic nitrogens is 1. The van der Waals surface area contributed by atoms with Crippen LogP contribution in [-0.4, -0.2) is 30.6 Å². The van der Waals surface area contributed by atoms with Crippen molar-refractivity contribution in [2.45, 2.75) is 12.8 Å². The highest BCUT2D eigenvalue weighted by atomic mass is 16.5. The molecule has 132 valence electrons. The predicted molar refractivity (Wildman–Crippen MR) is 103 cm³/mol. The lowest BCUT2D eigenvalue weighted by Gasteiger charge is -2.10. The molecule has 4 nitrogen and oxygen atoms in total. The molecular formula is C22H22N2O2. The molecule has 4 heteroatoms. The van der Waals surface area contributed by atoms with Crippen molar-refractivity contribution in [2.24, 2.45) is 5.92 Å². The maximum Gasteiger partial charge on any atom is 0.251 e. The summed E-state index contributed by atoms with van der Waals surface area (Å²) in [6, 6.07) is 19.8. The van der Waals surface area contributed by atoms with Gasteiger partial charge in [0.05, 0.1) is 11.2 Å². The Balaban J connectivity index is 1.47. The fourth-order valence-corrected chi connectivity index (χ4v) is 3.35. The third kappa shape index (κ3) is 3.75. The number of carbonyl (C=O) groups is 1. The largest absolute Gasteiger partial charge is 0.381 e. The minimum absolute atomic E-state index is 0.0356. The van der Waals surface area contributed by atoms with E-state index in [0.717, 1.165) is 48.2 Å². The van der Waals surface area contributed by atoms with E-state index >= 15 is 0 Å². The monoisotopic (exact) mass is 346 g/mol. The molecule has 1 atom stereocenters. The number of fused-ring (bicyclic) bond motifs is 1. The van der Waals surface area contributed by atoms with Crippen LogP contribution >= 0.6 is 0 Å². The molecule has 0 aliphatic carbocycles. The average molecular weight is 346 g/mol. The van der Waals surface area contributed by atoms with E-state index in [0.29, 0.717) is 18.0 Å². The first-order chi connectivity index (χ1) is 12.8. The number of hydrogen-bond donors (Lipinski definition) is 1. The van der Waals surface area contributed by atoms with Gasteiger partial charge >= 0.3 is 0 Å². The van der Waals surface area contributed by atoms with Crippen LogP contribution in [0.3, 0.4) is 0 Å². The molecule has 26 heavy (non-hydrogen) atoms. The van der Waals surface area contributed by atoms with Crippen LogP contribution in [0.5, 0.6) is 0 Å². The second kappa shape index (κ2) is 7.67. The molecular weight excluding hydrogens is 324 g/mol. The standard InChI is InChI=1S/C22H22N2O2/c25-22(23-12-10-16-11-13-26-15-16)19-6-3-5-18(14-19)21-9-8-17-4-1-2-7-20(17)24-21/h1-9,14,16H,10-13,15H2,(H,23,25)/t16-/m0/s1. The highest BCUT2D eigenvalue weighted by Crippen LogP contribution is 2.22. The number of carbonyl (C=O) groups excluding carboxylic acids is 1. The zero-order valence-corrected chi connectivity index (χ0v) is 14.7. The molecule has 2 heterocycles. The van der Waals surface area contributed by atoms with Gasteiger partial charge in [0.15, 0.2) is 0 Å². The summed E-state index contributed by atoms with van der Waals surface area (Å²) in [7, 11) is 0. The van der Waals surface area contributed by atoms with E-state index in [4.69, 9.17) is 9.72 Å². The Morgan fingerprint density at radius 1 is 1.12 bits per heavy atom. The summed E-state index contributed by atoms with van der Waals surface area (Å²) in [5, 5.41) is 4.13. The number of ether oxygens (including phenoxy) is 1. The average Bonchev–Trinajstić information content (AvgIpc) is 3.21. The van der Waals surface area contributed by atoms with Crippen molar-refractivity contribution in [1.29, 1.82) is 0 Å². The summed E-state index contributed by atoms with van der Waals surface area (Å²) in [6.45, 7) is 2.35. The first-order valence-corrected chi connectivity index (χ1v) is 9.12. The highest BCUT2D eigenvalue weighted by Gasteiger charge is 2.15. The van der Waals surface area contributed by atoms with Crippen molar-refractivity contribution in [2.75, 3.05) is 19.8 Å². The van der Waals surface area contributed by atoms with Crippen LogP contribution < -0.4 is 5.32 Å². The van der Waals surface area contributed by atoms with E-state index in [1.165, 1.54) is 0 Å². The maximum atomic E-state index is 12.5. The predicted octanol–water partition coefficient (Wildman–Crippen LogP) is 4.06. The third-order valence-electron chi connectivity index (χ3n) is 4.88. The molecule has 1 saturated heterocycles. The van der Waals surface area contributed by atoms with Crippen LogP contribution in [0.2, 0.25) is 0 Å². The van der Waals surface area contributed by atoms with E-state index in [9.17, 15) is 4.79 Å². The maximum absolute atomic E-state index is 12.5. The number of nitrogens with one attached hydrogen (secondary N) is 1. The normalized spacial score (nSPS) is 16.7. The van der Waals surface area contributed by atoms with E-state index < -0.39 is 0 Å². The molecule has 0 unspecified atom stereocenters. The zero-order chi connectivity index (χ0) is 17.8. The first kappa shape index (κ1) is 16.7. The van der Waals surface area contributed by atoms with E-state index in [2.05, 4.69) is 11.4 Å². The molecule has 1 aromatic heterocycles. The Morgan fingerprint density at radius 2 is 2.04 bits per heavy atom. The number of para-hydroxylation sites is 1. The summed E-state index contributed by atoms with van der Waals surface area (Å²) < 4.78 is 5.37. The lowest BCUT2D eigenvalue weighted by molar-refractivity contribution is 0.0950. The molecule has 1 aliphatic heterocycles. The van der Waals surface area contributed by atoms with Gasteiger partial charge in [0.2, 0.25) is 0 Å². The van der Waals surface area contributed by atoms with Crippen LogP contribution in [0, 0.1) is 5.92 Å². The fraction of sp³-hybridized carbons (Fsp3) is 0.273. The molecule has 0 saturated carbocycles. The Bertz CT molecular complexity index is 917. The summed E-state index contributed by atoms with van der Waals surface area (Å²) in [4.78, 5) is 17.2. The number of pyridine rings is 1. The molecule has 0 radical (unpaired) electrons. The molecule has 0 spiro atoms. The van der Waals surface area contributed by atoms with E-state index in [-0.39, 0.29) is 5.91 Å². The van der Waals surface area contributed by atoms with Crippen LogP contribution in [0.1, 0.15) is 23.2 Å².